The second-order valence-electron chi connectivity index (χ2n) is 0. The van der Waals surface area contributed by atoms with Gasteiger partial charge in [0.15, 0.2) is 0 Å². The van der Waals surface area contributed by atoms with Crippen molar-refractivity contribution in [3.8, 4) is 0 Å². The number of hydrogen-bond acceptors (Lipinski definition) is 0. The Morgan fingerprint density at radius 2 is 0.308 bits per heavy atom. The van der Waals surface area contributed by atoms with Crippen molar-refractivity contribution in [1.29, 1.82) is 0 Å². The molecule has 0 N–H and O–H groups in total. The van der Waals surface area contributed by atoms with Crippen LogP contribution in [-0.4, -0.2) is 99.5 Å². The molecule has 0 heterocycles. The van der Waals surface area contributed by atoms with E-state index in [1.165, 1.54) is 0 Å². The topological polar surface area (TPSA) is 200 Å². The fraction of sp³-hybridized carbons (Fsp3) is 0. The van der Waals surface area contributed by atoms with Crippen molar-refractivity contribution in [3.63, 3.8) is 0 Å². The van der Waals surface area contributed by atoms with Crippen molar-refractivity contribution in [2.75, 3.05) is 0 Å². The fourth-order valence-electron chi connectivity index (χ4n) is 0. The minimum Gasteiger partial charge on any atom is -2.00 e. The second kappa shape index (κ2) is 217. The van der Waals surface area contributed by atoms with Gasteiger partial charge in [-0.05, 0) is 0 Å². The maximum atomic E-state index is 0. The first-order valence-electron chi connectivity index (χ1n) is 0. The quantitative estimate of drug-likeness (QED) is 0.247. The zero-order valence-electron chi connectivity index (χ0n) is 5.83. The van der Waals surface area contributed by atoms with Crippen molar-refractivity contribution in [2.24, 2.45) is 0 Å². The molecule has 0 aromatic heterocycles. The van der Waals surface area contributed by atoms with Crippen LogP contribution < -0.4 is 0 Å². The number of rotatable bonds is 0. The molecule has 0 aliphatic carbocycles. The molecule has 0 aromatic rings. The average Bonchev–Trinajstić information content (AvgIpc) is 0. The molecule has 0 saturated carbocycles. The Hall–Kier alpha value is 4.12. The Morgan fingerprint density at radius 1 is 0.308 bits per heavy atom. The van der Waals surface area contributed by atoms with E-state index < -0.39 is 0 Å². The van der Waals surface area contributed by atoms with Crippen LogP contribution >= 0.6 is 0 Å². The van der Waals surface area contributed by atoms with Gasteiger partial charge < -0.3 is 38.3 Å². The van der Waals surface area contributed by atoms with Crippen LogP contribution in [0.25, 0.3) is 0 Å². The molecule has 7 nitrogen and oxygen atoms in total. The summed E-state index contributed by atoms with van der Waals surface area (Å²) in [6.07, 6.45) is 0. The van der Waals surface area contributed by atoms with Gasteiger partial charge in [-0.15, -0.1) is 0 Å². The van der Waals surface area contributed by atoms with Gasteiger partial charge in [0.2, 0.25) is 0 Å². The zero-order valence-corrected chi connectivity index (χ0v) is 20.7. The van der Waals surface area contributed by atoms with Crippen LogP contribution in [0.5, 0.6) is 0 Å². The summed E-state index contributed by atoms with van der Waals surface area (Å²) in [5, 5.41) is 0. The van der Waals surface area contributed by atoms with E-state index in [1.54, 1.807) is 0 Å². The van der Waals surface area contributed by atoms with E-state index in [0.29, 0.717) is 0 Å². The van der Waals surface area contributed by atoms with Gasteiger partial charge in [-0.2, -0.15) is 0 Å². The third kappa shape index (κ3) is 189. The second-order valence-corrected chi connectivity index (χ2v) is 0. The molecule has 68 valence electrons. The molecule has 0 atom stereocenters. The van der Waals surface area contributed by atoms with E-state index in [-0.39, 0.29) is 173 Å². The summed E-state index contributed by atoms with van der Waals surface area (Å²) >= 11 is 0. The Labute approximate surface area is 169 Å². The SMILES string of the molecule is [Cr].[Cr].[In+3].[In+3].[O-2].[O-2].[O-2].[O-2].[O-2].[O-2].[O-2].[Sn+4].[Sn+4]. The van der Waals surface area contributed by atoms with E-state index in [2.05, 4.69) is 0 Å². The zero-order chi connectivity index (χ0) is 0. The molecule has 0 saturated heterocycles. The van der Waals surface area contributed by atoms with E-state index in [0.717, 1.165) is 0 Å². The van der Waals surface area contributed by atoms with Gasteiger partial charge >= 0.3 is 99.5 Å². The van der Waals surface area contributed by atoms with Gasteiger partial charge in [0.05, 0.1) is 0 Å². The van der Waals surface area contributed by atoms with Crippen LogP contribution in [0.2, 0.25) is 0 Å². The van der Waals surface area contributed by atoms with Gasteiger partial charge in [-0.3, -0.25) is 0 Å². The van der Waals surface area contributed by atoms with Crippen LogP contribution in [0.15, 0.2) is 0 Å². The first kappa shape index (κ1) is 262. The minimum atomic E-state index is 0. The van der Waals surface area contributed by atoms with Gasteiger partial charge in [0.1, 0.15) is 0 Å². The maximum absolute atomic E-state index is 0. The Balaban J connectivity index is 0. The molecule has 0 aromatic carbocycles. The van der Waals surface area contributed by atoms with Crippen molar-refractivity contribution >= 4 is 99.5 Å². The van der Waals surface area contributed by atoms with Crippen molar-refractivity contribution < 1.29 is 73.1 Å². The van der Waals surface area contributed by atoms with Crippen LogP contribution in [0.1, 0.15) is 0 Å². The summed E-state index contributed by atoms with van der Waals surface area (Å²) in [6.45, 7) is 0. The molecule has 0 aliphatic rings. The van der Waals surface area contributed by atoms with Gasteiger partial charge in [-0.25, -0.2) is 0 Å². The summed E-state index contributed by atoms with van der Waals surface area (Å²) in [7, 11) is 0. The smallest absolute Gasteiger partial charge is 2.00 e. The van der Waals surface area contributed by atoms with Crippen molar-refractivity contribution in [1.82, 2.24) is 0 Å². The van der Waals surface area contributed by atoms with Gasteiger partial charge in [0.25, 0.3) is 0 Å². The van der Waals surface area contributed by atoms with E-state index in [9.17, 15) is 0 Å². The molecule has 0 spiro atoms. The van der Waals surface area contributed by atoms with Gasteiger partial charge in [-0.1, -0.05) is 0 Å². The summed E-state index contributed by atoms with van der Waals surface area (Å²) in [6, 6.07) is 0. The van der Waals surface area contributed by atoms with Crippen molar-refractivity contribution in [3.05, 3.63) is 0 Å². The monoisotopic (exact) mass is 685 g/mol. The molecule has 0 radical (unpaired) electrons. The summed E-state index contributed by atoms with van der Waals surface area (Å²) in [5.41, 5.74) is 0. The predicted molar refractivity (Wildman–Crippen MR) is 27.8 cm³/mol. The van der Waals surface area contributed by atoms with Crippen LogP contribution in [-0.2, 0) is 73.1 Å². The summed E-state index contributed by atoms with van der Waals surface area (Å²) in [4.78, 5) is 0. The molecule has 0 amide bonds. The summed E-state index contributed by atoms with van der Waals surface area (Å²) in [5.74, 6) is 0. The molecule has 13 heavy (non-hydrogen) atoms. The molecular weight excluding hydrogens is 683 g/mol. The Kier molecular flexibility index (Phi) is 4370. The fourth-order valence-corrected chi connectivity index (χ4v) is 0. The molecule has 0 rings (SSSR count). The van der Waals surface area contributed by atoms with Gasteiger partial charge in [0, 0.05) is 34.7 Å². The van der Waals surface area contributed by atoms with E-state index >= 15 is 0 Å². The van der Waals surface area contributed by atoms with Crippen LogP contribution in [0, 0.1) is 0 Å². The number of hydrogen-bond donors (Lipinski definition) is 0. The molecule has 0 fully saturated rings. The van der Waals surface area contributed by atoms with Crippen LogP contribution in [0.4, 0.5) is 0 Å². The largest absolute Gasteiger partial charge is 4.00 e. The van der Waals surface area contributed by atoms with E-state index in [1.807, 2.05) is 0 Å². The Morgan fingerprint density at radius 3 is 0.308 bits per heavy atom. The Bertz CT molecular complexity index is 22.5. The molecule has 13 heteroatoms. The standard InChI is InChI=1S/2Cr.2In.7O.2Sn/q;;2*+3;7*-2;2*+4. The normalized spacial score (nSPS) is 0. The maximum Gasteiger partial charge on any atom is 4.00 e. The third-order valence-corrected chi connectivity index (χ3v) is 0. The third-order valence-electron chi connectivity index (χ3n) is 0. The first-order valence-corrected chi connectivity index (χ1v) is 0. The molecule has 0 unspecified atom stereocenters. The first-order chi connectivity index (χ1) is 0. The van der Waals surface area contributed by atoms with Crippen molar-refractivity contribution in [2.45, 2.75) is 0 Å². The minimum absolute atomic E-state index is 0. The molecular formula is Cr2In2O7Sn2. The molecule has 0 bridgehead atoms. The van der Waals surface area contributed by atoms with Crippen LogP contribution in [0.3, 0.4) is 0 Å². The molecule has 0 aliphatic heterocycles. The average molecular weight is 683 g/mol. The summed E-state index contributed by atoms with van der Waals surface area (Å²) < 4.78 is 0. The van der Waals surface area contributed by atoms with E-state index in [4.69, 9.17) is 0 Å². The predicted octanol–water partition coefficient (Wildman–Crippen LogP) is -2.36.